The molecule has 0 aromatic heterocycles. The highest BCUT2D eigenvalue weighted by molar-refractivity contribution is 8.00. The van der Waals surface area contributed by atoms with E-state index < -0.39 is 21.9 Å². The first-order chi connectivity index (χ1) is 8.55. The van der Waals surface area contributed by atoms with Crippen molar-refractivity contribution in [3.05, 3.63) is 23.8 Å². The Morgan fingerprint density at radius 3 is 1.95 bits per heavy atom. The highest BCUT2D eigenvalue weighted by atomic mass is 32.2. The van der Waals surface area contributed by atoms with E-state index in [1.807, 2.05) is 11.5 Å². The first-order valence-electron chi connectivity index (χ1n) is 4.45. The van der Waals surface area contributed by atoms with Crippen molar-refractivity contribution in [2.75, 3.05) is 6.61 Å². The lowest BCUT2D eigenvalue weighted by Gasteiger charge is -2.22. The molecule has 0 amide bonds. The van der Waals surface area contributed by atoms with Crippen molar-refractivity contribution < 1.29 is 43.2 Å². The Bertz CT molecular complexity index is 395. The monoisotopic (exact) mass is 337 g/mol. The van der Waals surface area contributed by atoms with Crippen LogP contribution in [0, 0.1) is 0 Å². The molecule has 1 aliphatic rings. The molecule has 1 aliphatic heterocycles. The second kappa shape index (κ2) is 8.18. The highest BCUT2D eigenvalue weighted by Gasteiger charge is 2.27. The maximum absolute atomic E-state index is 9.63. The van der Waals surface area contributed by atoms with Gasteiger partial charge in [-0.1, -0.05) is 6.08 Å². The summed E-state index contributed by atoms with van der Waals surface area (Å²) in [6.45, 7) is -0.245. The van der Waals surface area contributed by atoms with Crippen LogP contribution in [0.4, 0.5) is 0 Å². The van der Waals surface area contributed by atoms with Gasteiger partial charge in [0, 0.05) is 6.20 Å². The van der Waals surface area contributed by atoms with Crippen LogP contribution in [0.5, 0.6) is 0 Å². The molecule has 0 aromatic carbocycles. The normalized spacial score (nSPS) is 16.8. The smallest absolute Gasteiger partial charge is 0.392 e. The summed E-state index contributed by atoms with van der Waals surface area (Å²) in [5, 5.41) is 19.4. The quantitative estimate of drug-likeness (QED) is 0.288. The van der Waals surface area contributed by atoms with Gasteiger partial charge in [-0.05, 0) is 23.4 Å². The molecule has 0 radical (unpaired) electrons. The summed E-state index contributed by atoms with van der Waals surface area (Å²) in [5.41, 5.74) is 0. The van der Waals surface area contributed by atoms with E-state index in [1.165, 1.54) is 11.9 Å². The molecule has 0 saturated heterocycles. The van der Waals surface area contributed by atoms with E-state index in [4.69, 9.17) is 29.8 Å². The van der Waals surface area contributed by atoms with E-state index in [9.17, 15) is 9.13 Å². The van der Waals surface area contributed by atoms with Crippen LogP contribution in [-0.2, 0) is 13.4 Å². The fourth-order valence-electron chi connectivity index (χ4n) is 0.709. The van der Waals surface area contributed by atoms with E-state index in [0.717, 1.165) is 0 Å². The van der Waals surface area contributed by atoms with E-state index in [1.54, 1.807) is 16.6 Å². The number of aliphatic hydroxyl groups is 2. The molecule has 0 bridgehead atoms. The lowest BCUT2D eigenvalue weighted by Crippen LogP contribution is -2.27. The molecular weight excluding hydrogens is 324 g/mol. The molecule has 1 rings (SSSR count). The molecule has 0 saturated carbocycles. The van der Waals surface area contributed by atoms with Crippen molar-refractivity contribution in [1.82, 2.24) is 4.31 Å². The summed E-state index contributed by atoms with van der Waals surface area (Å²) in [6.07, 6.45) is 4.58. The van der Waals surface area contributed by atoms with Crippen molar-refractivity contribution in [2.45, 2.75) is 6.23 Å². The maximum Gasteiger partial charge on any atom is 0.478 e. The number of hydrogen-bond acceptors (Lipinski definition) is 7. The standard InChI is InChI=1S/C6H9NO2S.H4O7P2/c8-5-6(9)7-3-1-2-4-10-7;1-8(2,3)7-9(4,5)6/h1-4,6,8-9H,5H2;(H2,1,2,3)(H2,4,5,6). The second-order valence-electron chi connectivity index (χ2n) is 2.86. The van der Waals surface area contributed by atoms with Crippen LogP contribution in [0.15, 0.2) is 23.8 Å². The molecule has 6 N–H and O–H groups in total. The first kappa shape index (κ1) is 18.8. The molecule has 0 spiro atoms. The zero-order valence-corrected chi connectivity index (χ0v) is 11.9. The van der Waals surface area contributed by atoms with Crippen LogP contribution in [0.3, 0.4) is 0 Å². The molecule has 112 valence electrons. The lowest BCUT2D eigenvalue weighted by molar-refractivity contribution is 0.0369. The van der Waals surface area contributed by atoms with Crippen LogP contribution in [0.1, 0.15) is 0 Å². The summed E-state index contributed by atoms with van der Waals surface area (Å²) < 4.78 is 23.8. The second-order valence-corrected chi connectivity index (χ2v) is 6.38. The van der Waals surface area contributed by atoms with Gasteiger partial charge in [0.25, 0.3) is 0 Å². The van der Waals surface area contributed by atoms with Gasteiger partial charge in [0.05, 0.1) is 6.61 Å². The van der Waals surface area contributed by atoms with Gasteiger partial charge in [0.1, 0.15) is 0 Å². The van der Waals surface area contributed by atoms with E-state index >= 15 is 0 Å². The van der Waals surface area contributed by atoms with Crippen molar-refractivity contribution in [3.63, 3.8) is 0 Å². The Morgan fingerprint density at radius 2 is 1.68 bits per heavy atom. The van der Waals surface area contributed by atoms with Crippen LogP contribution in [0.25, 0.3) is 0 Å². The third kappa shape index (κ3) is 11.3. The molecule has 0 aliphatic carbocycles. The van der Waals surface area contributed by atoms with Gasteiger partial charge in [0.2, 0.25) is 0 Å². The van der Waals surface area contributed by atoms with E-state index in [0.29, 0.717) is 0 Å². The van der Waals surface area contributed by atoms with Crippen LogP contribution in [0.2, 0.25) is 0 Å². The number of nitrogens with zero attached hydrogens (tertiary/aromatic N) is 1. The third-order valence-corrected chi connectivity index (χ3v) is 3.86. The Hall–Kier alpha value is -0.190. The molecule has 0 fully saturated rings. The zero-order valence-electron chi connectivity index (χ0n) is 9.25. The molecule has 10 nitrogen and oxygen atoms in total. The summed E-state index contributed by atoms with van der Waals surface area (Å²) >= 11 is 1.35. The van der Waals surface area contributed by atoms with Crippen molar-refractivity contribution in [2.24, 2.45) is 0 Å². The van der Waals surface area contributed by atoms with Gasteiger partial charge in [0.15, 0.2) is 6.23 Å². The van der Waals surface area contributed by atoms with Gasteiger partial charge in [-0.15, -0.1) is 0 Å². The summed E-state index contributed by atoms with van der Waals surface area (Å²) in [7, 11) is -10.1. The van der Waals surface area contributed by atoms with Crippen molar-refractivity contribution in [3.8, 4) is 0 Å². The number of allylic oxidation sites excluding steroid dienone is 2. The van der Waals surface area contributed by atoms with Gasteiger partial charge in [-0.2, -0.15) is 4.31 Å². The van der Waals surface area contributed by atoms with E-state index in [2.05, 4.69) is 4.31 Å². The molecular formula is C6H13NO9P2S. The number of aliphatic hydroxyl groups excluding tert-OH is 2. The van der Waals surface area contributed by atoms with Gasteiger partial charge >= 0.3 is 15.6 Å². The Balaban J connectivity index is 0.000000344. The van der Waals surface area contributed by atoms with Crippen LogP contribution in [-0.4, -0.2) is 46.9 Å². The molecule has 1 atom stereocenters. The summed E-state index contributed by atoms with van der Waals surface area (Å²) in [5.74, 6) is 0. The average Bonchev–Trinajstić information content (AvgIpc) is 2.25. The molecule has 0 aromatic rings. The van der Waals surface area contributed by atoms with E-state index in [-0.39, 0.29) is 6.61 Å². The number of rotatable bonds is 4. The fraction of sp³-hybridized carbons (Fsp3) is 0.333. The lowest BCUT2D eigenvalue weighted by atomic mass is 10.5. The Morgan fingerprint density at radius 1 is 1.16 bits per heavy atom. The van der Waals surface area contributed by atoms with Crippen LogP contribution < -0.4 is 0 Å². The number of hydrogen-bond donors (Lipinski definition) is 6. The molecule has 1 unspecified atom stereocenters. The van der Waals surface area contributed by atoms with Gasteiger partial charge < -0.3 is 29.8 Å². The topological polar surface area (TPSA) is 168 Å². The minimum Gasteiger partial charge on any atom is -0.392 e. The summed E-state index contributed by atoms with van der Waals surface area (Å²) in [6, 6.07) is 0. The fourth-order valence-corrected chi connectivity index (χ4v) is 2.47. The number of phosphoric acid groups is 2. The van der Waals surface area contributed by atoms with Gasteiger partial charge in [-0.3, -0.25) is 4.31 Å². The third-order valence-electron chi connectivity index (χ3n) is 1.28. The highest BCUT2D eigenvalue weighted by Crippen LogP contribution is 2.53. The maximum atomic E-state index is 9.63. The van der Waals surface area contributed by atoms with Gasteiger partial charge in [-0.25, -0.2) is 9.13 Å². The zero-order chi connectivity index (χ0) is 15.1. The molecule has 13 heteroatoms. The SMILES string of the molecule is O=P(O)(O)OP(=O)(O)O.OCC(O)N1C=CC=CS1. The van der Waals surface area contributed by atoms with Crippen molar-refractivity contribution >= 4 is 27.6 Å². The Labute approximate surface area is 112 Å². The van der Waals surface area contributed by atoms with Crippen LogP contribution >= 0.6 is 27.6 Å². The Kier molecular flexibility index (Phi) is 8.09. The molecule has 1 heterocycles. The summed E-state index contributed by atoms with van der Waals surface area (Å²) in [4.78, 5) is 31.0. The predicted molar refractivity (Wildman–Crippen MR) is 66.0 cm³/mol. The predicted octanol–water partition coefficient (Wildman–Crippen LogP) is -0.523. The minimum atomic E-state index is -5.05. The average molecular weight is 337 g/mol. The largest absolute Gasteiger partial charge is 0.478 e. The minimum absolute atomic E-state index is 0.245. The molecule has 19 heavy (non-hydrogen) atoms. The van der Waals surface area contributed by atoms with Crippen molar-refractivity contribution in [1.29, 1.82) is 0 Å². The first-order valence-corrected chi connectivity index (χ1v) is 8.34.